The zero-order valence-corrected chi connectivity index (χ0v) is 19.8. The lowest BCUT2D eigenvalue weighted by atomic mass is 9.83. The van der Waals surface area contributed by atoms with Crippen LogP contribution in [0, 0.1) is 5.41 Å². The smallest absolute Gasteiger partial charge is 0.191 e. The maximum absolute atomic E-state index is 6.04. The predicted molar refractivity (Wildman–Crippen MR) is 128 cm³/mol. The average molecular weight is 431 g/mol. The molecule has 0 spiro atoms. The van der Waals surface area contributed by atoms with Gasteiger partial charge in [-0.3, -0.25) is 9.89 Å². The van der Waals surface area contributed by atoms with Gasteiger partial charge in [-0.15, -0.1) is 0 Å². The Labute approximate surface area is 188 Å². The van der Waals surface area contributed by atoms with Crippen molar-refractivity contribution in [1.82, 2.24) is 15.5 Å². The van der Waals surface area contributed by atoms with E-state index in [1.165, 1.54) is 37.7 Å². The Morgan fingerprint density at radius 1 is 1.23 bits per heavy atom. The highest BCUT2D eigenvalue weighted by molar-refractivity contribution is 5.79. The molecule has 1 heterocycles. The van der Waals surface area contributed by atoms with E-state index in [1.54, 1.807) is 0 Å². The Morgan fingerprint density at radius 2 is 2.00 bits per heavy atom. The van der Waals surface area contributed by atoms with Gasteiger partial charge in [0.15, 0.2) is 5.96 Å². The number of nitrogens with one attached hydrogen (secondary N) is 2. The molecule has 0 unspecified atom stereocenters. The maximum atomic E-state index is 6.04. The zero-order valence-electron chi connectivity index (χ0n) is 19.8. The summed E-state index contributed by atoms with van der Waals surface area (Å²) in [6.45, 7) is 7.45. The van der Waals surface area contributed by atoms with Crippen LogP contribution in [-0.2, 0) is 11.3 Å². The van der Waals surface area contributed by atoms with Crippen molar-refractivity contribution in [2.75, 3.05) is 47.0 Å². The van der Waals surface area contributed by atoms with Gasteiger partial charge in [0.2, 0.25) is 0 Å². The van der Waals surface area contributed by atoms with Crippen LogP contribution in [0.4, 0.5) is 0 Å². The van der Waals surface area contributed by atoms with E-state index < -0.39 is 0 Å². The van der Waals surface area contributed by atoms with E-state index in [9.17, 15) is 0 Å². The maximum Gasteiger partial charge on any atom is 0.191 e. The highest BCUT2D eigenvalue weighted by Gasteiger charge is 2.31. The number of benzene rings is 1. The molecule has 1 aliphatic carbocycles. The molecule has 1 aromatic rings. The van der Waals surface area contributed by atoms with Gasteiger partial charge >= 0.3 is 0 Å². The number of nitrogens with zero attached hydrogens (tertiary/aromatic N) is 2. The van der Waals surface area contributed by atoms with E-state index in [-0.39, 0.29) is 0 Å². The van der Waals surface area contributed by atoms with Crippen molar-refractivity contribution in [2.24, 2.45) is 10.4 Å². The second-order valence-corrected chi connectivity index (χ2v) is 9.16. The lowest BCUT2D eigenvalue weighted by Crippen LogP contribution is -2.42. The Hall–Kier alpha value is -1.79. The molecule has 2 fully saturated rings. The molecular formula is C25H42N4O2. The third-order valence-corrected chi connectivity index (χ3v) is 7.15. The van der Waals surface area contributed by atoms with Crippen LogP contribution in [0.15, 0.2) is 29.3 Å². The molecule has 3 rings (SSSR count). The van der Waals surface area contributed by atoms with Crippen LogP contribution in [-0.4, -0.2) is 63.9 Å². The van der Waals surface area contributed by atoms with Crippen molar-refractivity contribution in [3.63, 3.8) is 0 Å². The first-order chi connectivity index (χ1) is 15.1. The minimum atomic E-state index is 0.448. The summed E-state index contributed by atoms with van der Waals surface area (Å²) in [5.41, 5.74) is 1.65. The van der Waals surface area contributed by atoms with Crippen LogP contribution in [0.1, 0.15) is 57.4 Å². The topological polar surface area (TPSA) is 58.1 Å². The monoisotopic (exact) mass is 430 g/mol. The standard InChI is InChI=1S/C25H42N4O2/c1-4-25(12-5-6-13-25)20-28-24(26-2)27-19-21-8-7-9-23(18-21)31-17-14-29(3)22-10-15-30-16-11-22/h7-9,18,22H,4-6,10-17,19-20H2,1-3H3,(H2,26,27,28). The summed E-state index contributed by atoms with van der Waals surface area (Å²) in [4.78, 5) is 6.81. The Morgan fingerprint density at radius 3 is 2.71 bits per heavy atom. The second kappa shape index (κ2) is 12.3. The average Bonchev–Trinajstić information content (AvgIpc) is 3.29. The Balaban J connectivity index is 1.40. The minimum Gasteiger partial charge on any atom is -0.492 e. The first-order valence-corrected chi connectivity index (χ1v) is 12.1. The fourth-order valence-corrected chi connectivity index (χ4v) is 4.82. The number of aliphatic imine (C=N–C) groups is 1. The summed E-state index contributed by atoms with van der Waals surface area (Å²) in [6, 6.07) is 8.97. The first kappa shape index (κ1) is 23.9. The molecule has 1 saturated heterocycles. The van der Waals surface area contributed by atoms with Crippen LogP contribution in [0.25, 0.3) is 0 Å². The first-order valence-electron chi connectivity index (χ1n) is 12.1. The van der Waals surface area contributed by atoms with Gasteiger partial charge in [0.25, 0.3) is 0 Å². The van der Waals surface area contributed by atoms with E-state index in [0.29, 0.717) is 18.1 Å². The third-order valence-electron chi connectivity index (χ3n) is 7.15. The molecular weight excluding hydrogens is 388 g/mol. The SMILES string of the molecule is CCC1(CNC(=NC)NCc2cccc(OCCN(C)C3CCOCC3)c2)CCCC1. The second-order valence-electron chi connectivity index (χ2n) is 9.16. The summed E-state index contributed by atoms with van der Waals surface area (Å²) in [5, 5.41) is 7.02. The van der Waals surface area contributed by atoms with Crippen LogP contribution >= 0.6 is 0 Å². The highest BCUT2D eigenvalue weighted by atomic mass is 16.5. The summed E-state index contributed by atoms with van der Waals surface area (Å²) < 4.78 is 11.5. The Kier molecular flexibility index (Phi) is 9.47. The van der Waals surface area contributed by atoms with Crippen molar-refractivity contribution in [1.29, 1.82) is 0 Å². The van der Waals surface area contributed by atoms with Crippen molar-refractivity contribution in [3.05, 3.63) is 29.8 Å². The molecule has 2 aliphatic rings. The van der Waals surface area contributed by atoms with Gasteiger partial charge in [-0.1, -0.05) is 31.9 Å². The number of hydrogen-bond acceptors (Lipinski definition) is 4. The quantitative estimate of drug-likeness (QED) is 0.437. The van der Waals surface area contributed by atoms with Gasteiger partial charge in [0.1, 0.15) is 12.4 Å². The summed E-state index contributed by atoms with van der Waals surface area (Å²) >= 11 is 0. The van der Waals surface area contributed by atoms with Crippen LogP contribution in [0.3, 0.4) is 0 Å². The van der Waals surface area contributed by atoms with Gasteiger partial charge in [-0.25, -0.2) is 0 Å². The van der Waals surface area contributed by atoms with Crippen molar-refractivity contribution < 1.29 is 9.47 Å². The van der Waals surface area contributed by atoms with Gasteiger partial charge in [0, 0.05) is 45.9 Å². The molecule has 6 heteroatoms. The van der Waals surface area contributed by atoms with Crippen molar-refractivity contribution >= 4 is 5.96 Å². The predicted octanol–water partition coefficient (Wildman–Crippen LogP) is 3.81. The van der Waals surface area contributed by atoms with Crippen LogP contribution in [0.2, 0.25) is 0 Å². The molecule has 0 amide bonds. The molecule has 2 N–H and O–H groups in total. The lowest BCUT2D eigenvalue weighted by Gasteiger charge is -2.31. The van der Waals surface area contributed by atoms with Gasteiger partial charge < -0.3 is 20.1 Å². The fraction of sp³-hybridized carbons (Fsp3) is 0.720. The molecule has 31 heavy (non-hydrogen) atoms. The highest BCUT2D eigenvalue weighted by Crippen LogP contribution is 2.40. The normalized spacial score (nSPS) is 19.5. The van der Waals surface area contributed by atoms with Gasteiger partial charge in [-0.2, -0.15) is 0 Å². The number of guanidine groups is 1. The third kappa shape index (κ3) is 7.39. The van der Waals surface area contributed by atoms with Crippen LogP contribution < -0.4 is 15.4 Å². The molecule has 1 saturated carbocycles. The van der Waals surface area contributed by atoms with E-state index in [4.69, 9.17) is 9.47 Å². The van der Waals surface area contributed by atoms with E-state index >= 15 is 0 Å². The molecule has 174 valence electrons. The Bertz CT molecular complexity index is 682. The van der Waals surface area contributed by atoms with Gasteiger partial charge in [-0.05, 0) is 62.3 Å². The fourth-order valence-electron chi connectivity index (χ4n) is 4.82. The number of likely N-dealkylation sites (N-methyl/N-ethyl adjacent to an activating group) is 1. The van der Waals surface area contributed by atoms with Crippen molar-refractivity contribution in [2.45, 2.75) is 64.5 Å². The molecule has 1 aromatic carbocycles. The number of hydrogen-bond donors (Lipinski definition) is 2. The van der Waals surface area contributed by atoms with Crippen molar-refractivity contribution in [3.8, 4) is 5.75 Å². The van der Waals surface area contributed by atoms with Crippen LogP contribution in [0.5, 0.6) is 5.75 Å². The molecule has 6 nitrogen and oxygen atoms in total. The zero-order chi connectivity index (χ0) is 21.9. The molecule has 0 bridgehead atoms. The molecule has 0 radical (unpaired) electrons. The van der Waals surface area contributed by atoms with Gasteiger partial charge in [0.05, 0.1) is 0 Å². The van der Waals surface area contributed by atoms with E-state index in [1.807, 2.05) is 13.1 Å². The molecule has 0 atom stereocenters. The lowest BCUT2D eigenvalue weighted by molar-refractivity contribution is 0.0392. The summed E-state index contributed by atoms with van der Waals surface area (Å²) in [6.07, 6.45) is 8.85. The molecule has 0 aromatic heterocycles. The van der Waals surface area contributed by atoms with E-state index in [0.717, 1.165) is 57.4 Å². The largest absolute Gasteiger partial charge is 0.492 e. The summed E-state index contributed by atoms with van der Waals surface area (Å²) in [5.74, 6) is 1.81. The minimum absolute atomic E-state index is 0.448. The molecule has 1 aliphatic heterocycles. The number of rotatable bonds is 10. The number of ether oxygens (including phenoxy) is 2. The summed E-state index contributed by atoms with van der Waals surface area (Å²) in [7, 11) is 4.03. The van der Waals surface area contributed by atoms with E-state index in [2.05, 4.69) is 52.7 Å².